The zero-order valence-electron chi connectivity index (χ0n) is 14.6. The Bertz CT molecular complexity index is 517. The summed E-state index contributed by atoms with van der Waals surface area (Å²) < 4.78 is 5.52. The molecule has 4 heteroatoms. The number of nitrogens with zero attached hydrogens (tertiary/aromatic N) is 2. The monoisotopic (exact) mass is 304 g/mol. The van der Waals surface area contributed by atoms with Gasteiger partial charge >= 0.3 is 6.09 Å². The number of carbonyl (C=O) groups excluding carboxylic acids is 1. The second-order valence-corrected chi connectivity index (χ2v) is 7.43. The largest absolute Gasteiger partial charge is 0.444 e. The number of benzene rings is 1. The second kappa shape index (κ2) is 6.29. The Balaban J connectivity index is 2.16. The Kier molecular flexibility index (Phi) is 4.81. The van der Waals surface area contributed by atoms with E-state index in [0.717, 1.165) is 0 Å². The lowest BCUT2D eigenvalue weighted by Gasteiger charge is -2.25. The summed E-state index contributed by atoms with van der Waals surface area (Å²) in [7, 11) is 4.15. The summed E-state index contributed by atoms with van der Waals surface area (Å²) in [4.78, 5) is 16.4. The molecule has 1 amide bonds. The van der Waals surface area contributed by atoms with Crippen molar-refractivity contribution in [1.82, 2.24) is 9.80 Å². The topological polar surface area (TPSA) is 32.8 Å². The second-order valence-electron chi connectivity index (χ2n) is 7.43. The van der Waals surface area contributed by atoms with Gasteiger partial charge in [0.05, 0.1) is 0 Å². The fourth-order valence-corrected chi connectivity index (χ4v) is 2.93. The van der Waals surface area contributed by atoms with E-state index in [2.05, 4.69) is 50.2 Å². The first-order chi connectivity index (χ1) is 10.2. The highest BCUT2D eigenvalue weighted by molar-refractivity contribution is 5.69. The van der Waals surface area contributed by atoms with Gasteiger partial charge in [-0.2, -0.15) is 0 Å². The summed E-state index contributed by atoms with van der Waals surface area (Å²) in [6.45, 7) is 9.22. The van der Waals surface area contributed by atoms with Gasteiger partial charge in [-0.3, -0.25) is 0 Å². The number of rotatable bonds is 2. The average Bonchev–Trinajstić information content (AvgIpc) is 2.83. The fourth-order valence-electron chi connectivity index (χ4n) is 2.93. The quantitative estimate of drug-likeness (QED) is 0.841. The van der Waals surface area contributed by atoms with E-state index in [9.17, 15) is 4.79 Å². The molecule has 4 nitrogen and oxygen atoms in total. The van der Waals surface area contributed by atoms with Crippen molar-refractivity contribution in [2.75, 3.05) is 27.2 Å². The third-order valence-corrected chi connectivity index (χ3v) is 4.11. The van der Waals surface area contributed by atoms with E-state index >= 15 is 0 Å². The van der Waals surface area contributed by atoms with Crippen molar-refractivity contribution >= 4 is 6.09 Å². The van der Waals surface area contributed by atoms with Gasteiger partial charge in [0.1, 0.15) is 5.60 Å². The van der Waals surface area contributed by atoms with Crippen molar-refractivity contribution in [3.8, 4) is 0 Å². The predicted octanol–water partition coefficient (Wildman–Crippen LogP) is 3.26. The number of amides is 1. The van der Waals surface area contributed by atoms with Crippen molar-refractivity contribution in [2.24, 2.45) is 0 Å². The SMILES string of the molecule is Cc1ccc([C@H]2CN(C(=O)OC(C)(C)C)C[C@H]2N(C)C)cc1. The van der Waals surface area contributed by atoms with Gasteiger partial charge < -0.3 is 14.5 Å². The molecule has 1 aromatic carbocycles. The third kappa shape index (κ3) is 4.01. The first-order valence-corrected chi connectivity index (χ1v) is 7.88. The van der Waals surface area contributed by atoms with Crippen LogP contribution < -0.4 is 0 Å². The minimum atomic E-state index is -0.452. The van der Waals surface area contributed by atoms with Crippen LogP contribution >= 0.6 is 0 Å². The Hall–Kier alpha value is -1.55. The van der Waals surface area contributed by atoms with E-state index in [1.165, 1.54) is 11.1 Å². The van der Waals surface area contributed by atoms with Gasteiger partial charge in [0.15, 0.2) is 0 Å². The van der Waals surface area contributed by atoms with Crippen LogP contribution in [-0.2, 0) is 4.74 Å². The Labute approximate surface area is 134 Å². The van der Waals surface area contributed by atoms with Crippen LogP contribution in [0.5, 0.6) is 0 Å². The van der Waals surface area contributed by atoms with Crippen LogP contribution in [0.25, 0.3) is 0 Å². The van der Waals surface area contributed by atoms with Crippen LogP contribution in [0.2, 0.25) is 0 Å². The minimum absolute atomic E-state index is 0.214. The zero-order chi connectivity index (χ0) is 16.5. The van der Waals surface area contributed by atoms with Gasteiger partial charge in [0.2, 0.25) is 0 Å². The van der Waals surface area contributed by atoms with Gasteiger partial charge in [-0.25, -0.2) is 4.79 Å². The lowest BCUT2D eigenvalue weighted by Crippen LogP contribution is -2.38. The molecule has 1 aromatic rings. The summed E-state index contributed by atoms with van der Waals surface area (Å²) in [6, 6.07) is 8.94. The maximum absolute atomic E-state index is 12.3. The molecule has 2 rings (SSSR count). The molecular formula is C18H28N2O2. The molecule has 0 saturated carbocycles. The molecule has 1 aliphatic heterocycles. The molecule has 1 aliphatic rings. The van der Waals surface area contributed by atoms with Gasteiger partial charge in [0, 0.05) is 25.0 Å². The highest BCUT2D eigenvalue weighted by Crippen LogP contribution is 2.31. The normalized spacial score (nSPS) is 22.2. The Morgan fingerprint density at radius 1 is 1.18 bits per heavy atom. The lowest BCUT2D eigenvalue weighted by atomic mass is 9.93. The van der Waals surface area contributed by atoms with Crippen molar-refractivity contribution < 1.29 is 9.53 Å². The molecule has 0 spiro atoms. The molecule has 0 unspecified atom stereocenters. The van der Waals surface area contributed by atoms with Crippen molar-refractivity contribution in [1.29, 1.82) is 0 Å². The van der Waals surface area contributed by atoms with Gasteiger partial charge in [-0.05, 0) is 47.4 Å². The Morgan fingerprint density at radius 2 is 1.77 bits per heavy atom. The van der Waals surface area contributed by atoms with Crippen LogP contribution in [0, 0.1) is 6.92 Å². The summed E-state index contributed by atoms with van der Waals surface area (Å²) in [5.41, 5.74) is 2.09. The highest BCUT2D eigenvalue weighted by atomic mass is 16.6. The molecular weight excluding hydrogens is 276 g/mol. The minimum Gasteiger partial charge on any atom is -0.444 e. The van der Waals surface area contributed by atoms with Crippen LogP contribution in [0.15, 0.2) is 24.3 Å². The summed E-state index contributed by atoms with van der Waals surface area (Å²) in [6.07, 6.45) is -0.214. The van der Waals surface area contributed by atoms with E-state index in [1.54, 1.807) is 0 Å². The van der Waals surface area contributed by atoms with E-state index in [1.807, 2.05) is 25.7 Å². The number of hydrogen-bond donors (Lipinski definition) is 0. The van der Waals surface area contributed by atoms with E-state index in [0.29, 0.717) is 25.0 Å². The van der Waals surface area contributed by atoms with Crippen molar-refractivity contribution in [3.05, 3.63) is 35.4 Å². The number of likely N-dealkylation sites (N-methyl/N-ethyl adjacent to an activating group) is 1. The molecule has 22 heavy (non-hydrogen) atoms. The summed E-state index contributed by atoms with van der Waals surface area (Å²) in [5, 5.41) is 0. The van der Waals surface area contributed by atoms with Crippen molar-refractivity contribution in [2.45, 2.75) is 45.3 Å². The first-order valence-electron chi connectivity index (χ1n) is 7.88. The first kappa shape index (κ1) is 16.8. The fraction of sp³-hybridized carbons (Fsp3) is 0.611. The van der Waals surface area contributed by atoms with Crippen molar-refractivity contribution in [3.63, 3.8) is 0 Å². The number of ether oxygens (including phenoxy) is 1. The smallest absolute Gasteiger partial charge is 0.410 e. The molecule has 0 radical (unpaired) electrons. The van der Waals surface area contributed by atoms with E-state index in [-0.39, 0.29) is 6.09 Å². The molecule has 2 atom stereocenters. The molecule has 1 fully saturated rings. The Morgan fingerprint density at radius 3 is 2.27 bits per heavy atom. The number of aryl methyl sites for hydroxylation is 1. The number of carbonyl (C=O) groups is 1. The van der Waals surface area contributed by atoms with Gasteiger partial charge in [0.25, 0.3) is 0 Å². The predicted molar refractivity (Wildman–Crippen MR) is 89.2 cm³/mol. The zero-order valence-corrected chi connectivity index (χ0v) is 14.6. The lowest BCUT2D eigenvalue weighted by molar-refractivity contribution is 0.0283. The standard InChI is InChI=1S/C18H28N2O2/c1-13-7-9-14(10-8-13)15-11-20(12-16(15)19(5)6)17(21)22-18(2,3)4/h7-10,15-16H,11-12H2,1-6H3/t15-,16-/m1/s1. The number of likely N-dealkylation sites (tertiary alicyclic amines) is 1. The summed E-state index contributed by atoms with van der Waals surface area (Å²) >= 11 is 0. The molecule has 1 saturated heterocycles. The van der Waals surface area contributed by atoms with Crippen LogP contribution in [-0.4, -0.2) is 54.7 Å². The molecule has 0 bridgehead atoms. The maximum Gasteiger partial charge on any atom is 0.410 e. The van der Waals surface area contributed by atoms with Gasteiger partial charge in [-0.15, -0.1) is 0 Å². The van der Waals surface area contributed by atoms with Gasteiger partial charge in [-0.1, -0.05) is 29.8 Å². The van der Waals surface area contributed by atoms with Crippen LogP contribution in [0.4, 0.5) is 4.79 Å². The average molecular weight is 304 g/mol. The molecule has 122 valence electrons. The molecule has 1 heterocycles. The number of hydrogen-bond acceptors (Lipinski definition) is 3. The third-order valence-electron chi connectivity index (χ3n) is 4.11. The van der Waals surface area contributed by atoms with E-state index in [4.69, 9.17) is 4.74 Å². The molecule has 0 N–H and O–H groups in total. The molecule has 0 aliphatic carbocycles. The highest BCUT2D eigenvalue weighted by Gasteiger charge is 2.38. The van der Waals surface area contributed by atoms with Crippen LogP contribution in [0.3, 0.4) is 0 Å². The maximum atomic E-state index is 12.3. The summed E-state index contributed by atoms with van der Waals surface area (Å²) in [5.74, 6) is 0.322. The van der Waals surface area contributed by atoms with E-state index < -0.39 is 5.60 Å². The van der Waals surface area contributed by atoms with Crippen LogP contribution in [0.1, 0.15) is 37.8 Å². The molecule has 0 aromatic heterocycles.